The van der Waals surface area contributed by atoms with E-state index in [1.165, 1.54) is 16.0 Å². The minimum Gasteiger partial charge on any atom is -0.480 e. The van der Waals surface area contributed by atoms with Gasteiger partial charge in [-0.25, -0.2) is 0 Å². The molecular weight excluding hydrogens is 459 g/mol. The van der Waals surface area contributed by atoms with Gasteiger partial charge in [0, 0.05) is 17.3 Å². The largest absolute Gasteiger partial charge is 0.480 e. The summed E-state index contributed by atoms with van der Waals surface area (Å²) in [5.74, 6) is 0.638. The van der Waals surface area contributed by atoms with Gasteiger partial charge < -0.3 is 24.0 Å². The molecule has 2 aromatic carbocycles. The van der Waals surface area contributed by atoms with Crippen molar-refractivity contribution in [3.8, 4) is 5.75 Å². The number of hydrogen-bond acceptors (Lipinski definition) is 5. The summed E-state index contributed by atoms with van der Waals surface area (Å²) in [6.07, 6.45) is 1.68. The van der Waals surface area contributed by atoms with Crippen LogP contribution >= 0.6 is 19.4 Å². The van der Waals surface area contributed by atoms with Gasteiger partial charge in [-0.1, -0.05) is 32.9 Å². The lowest BCUT2D eigenvalue weighted by Gasteiger charge is -2.23. The molecule has 0 aliphatic carbocycles. The lowest BCUT2D eigenvalue weighted by molar-refractivity contribution is -0.0287. The Morgan fingerprint density at radius 3 is 2.06 bits per heavy atom. The first kappa shape index (κ1) is 27.9. The van der Waals surface area contributed by atoms with Crippen molar-refractivity contribution in [2.24, 2.45) is 0 Å². The van der Waals surface area contributed by atoms with E-state index in [-0.39, 0.29) is 0 Å². The van der Waals surface area contributed by atoms with Crippen molar-refractivity contribution in [2.45, 2.75) is 64.0 Å². The number of benzene rings is 2. The SMILES string of the molecule is CCc1c(C)c(Cc2ccc(SC(C)COCOC)cc2)c(C)c(CC)c1OCP(=O)(O)O. The number of rotatable bonds is 13. The third-order valence-corrected chi connectivity index (χ3v) is 7.19. The molecule has 0 aliphatic heterocycles. The zero-order valence-electron chi connectivity index (χ0n) is 20.5. The van der Waals surface area contributed by atoms with Crippen LogP contribution in [-0.2, 0) is 33.3 Å². The van der Waals surface area contributed by atoms with Gasteiger partial charge in [0.1, 0.15) is 12.5 Å². The highest BCUT2D eigenvalue weighted by atomic mass is 32.2. The molecule has 2 N–H and O–H groups in total. The number of methoxy groups -OCH3 is 1. The number of ether oxygens (including phenoxy) is 3. The molecule has 184 valence electrons. The van der Waals surface area contributed by atoms with Crippen LogP contribution in [0.25, 0.3) is 0 Å². The van der Waals surface area contributed by atoms with E-state index in [4.69, 9.17) is 14.2 Å². The molecule has 1 unspecified atom stereocenters. The van der Waals surface area contributed by atoms with Gasteiger partial charge in [-0.15, -0.1) is 11.8 Å². The Balaban J connectivity index is 2.25. The zero-order valence-corrected chi connectivity index (χ0v) is 22.2. The van der Waals surface area contributed by atoms with Crippen molar-refractivity contribution in [1.29, 1.82) is 0 Å². The average Bonchev–Trinajstić information content (AvgIpc) is 2.76. The summed E-state index contributed by atoms with van der Waals surface area (Å²) in [4.78, 5) is 19.8. The highest BCUT2D eigenvalue weighted by Gasteiger charge is 2.22. The zero-order chi connectivity index (χ0) is 24.6. The standard InChI is InChI=1S/C25H37O6PS/c1-7-22-18(4)24(19(5)23(8-2)25(22)31-16-32(26,27)28)13-20-9-11-21(12-10-20)33-17(3)14-30-15-29-6/h9-12,17H,7-8,13-16H2,1-6H3,(H2,26,27,28). The minimum absolute atomic E-state index is 0.311. The summed E-state index contributed by atoms with van der Waals surface area (Å²) < 4.78 is 27.4. The smallest absolute Gasteiger partial charge is 0.362 e. The van der Waals surface area contributed by atoms with Gasteiger partial charge in [0.2, 0.25) is 0 Å². The normalized spacial score (nSPS) is 12.7. The molecule has 0 aromatic heterocycles. The molecule has 0 radical (unpaired) electrons. The van der Waals surface area contributed by atoms with Crippen LogP contribution in [0.5, 0.6) is 5.75 Å². The van der Waals surface area contributed by atoms with E-state index < -0.39 is 13.9 Å². The highest BCUT2D eigenvalue weighted by Crippen LogP contribution is 2.40. The van der Waals surface area contributed by atoms with E-state index in [0.29, 0.717) is 24.4 Å². The average molecular weight is 497 g/mol. The van der Waals surface area contributed by atoms with Crippen molar-refractivity contribution in [1.82, 2.24) is 0 Å². The van der Waals surface area contributed by atoms with Gasteiger partial charge in [-0.3, -0.25) is 4.57 Å². The van der Waals surface area contributed by atoms with Crippen LogP contribution in [0.15, 0.2) is 29.2 Å². The molecule has 0 spiro atoms. The van der Waals surface area contributed by atoms with Crippen molar-refractivity contribution < 1.29 is 28.6 Å². The fourth-order valence-electron chi connectivity index (χ4n) is 4.06. The highest BCUT2D eigenvalue weighted by molar-refractivity contribution is 8.00. The Morgan fingerprint density at radius 2 is 1.58 bits per heavy atom. The lowest BCUT2D eigenvalue weighted by Crippen LogP contribution is -2.10. The van der Waals surface area contributed by atoms with Gasteiger partial charge in [-0.2, -0.15) is 0 Å². The van der Waals surface area contributed by atoms with Crippen LogP contribution in [0.1, 0.15) is 54.2 Å². The molecule has 33 heavy (non-hydrogen) atoms. The molecular formula is C25H37O6PS. The number of hydrogen-bond donors (Lipinski definition) is 2. The Labute approximate surface area is 202 Å². The van der Waals surface area contributed by atoms with Crippen molar-refractivity contribution in [2.75, 3.05) is 26.9 Å². The fourth-order valence-corrected chi connectivity index (χ4v) is 5.28. The molecule has 0 saturated carbocycles. The predicted octanol–water partition coefficient (Wildman–Crippen LogP) is 5.63. The van der Waals surface area contributed by atoms with Crippen LogP contribution in [0.3, 0.4) is 0 Å². The maximum absolute atomic E-state index is 11.4. The summed E-state index contributed by atoms with van der Waals surface area (Å²) in [7, 11) is -2.63. The van der Waals surface area contributed by atoms with Crippen LogP contribution < -0.4 is 4.74 Å². The fraction of sp³-hybridized carbons (Fsp3) is 0.520. The maximum Gasteiger partial charge on any atom is 0.362 e. The molecule has 0 heterocycles. The molecule has 0 aliphatic rings. The van der Waals surface area contributed by atoms with E-state index in [1.807, 2.05) is 0 Å². The van der Waals surface area contributed by atoms with Crippen molar-refractivity contribution in [3.05, 3.63) is 57.6 Å². The lowest BCUT2D eigenvalue weighted by atomic mass is 9.86. The van der Waals surface area contributed by atoms with E-state index in [9.17, 15) is 14.4 Å². The summed E-state index contributed by atoms with van der Waals surface area (Å²) in [5, 5.41) is 0.329. The molecule has 1 atom stereocenters. The molecule has 0 saturated heterocycles. The molecule has 8 heteroatoms. The third-order valence-electron chi connectivity index (χ3n) is 5.64. The van der Waals surface area contributed by atoms with Crippen LogP contribution in [0.2, 0.25) is 0 Å². The molecule has 6 nitrogen and oxygen atoms in total. The van der Waals surface area contributed by atoms with Gasteiger partial charge >= 0.3 is 7.60 Å². The van der Waals surface area contributed by atoms with Crippen LogP contribution in [0, 0.1) is 13.8 Å². The Morgan fingerprint density at radius 1 is 1.00 bits per heavy atom. The molecule has 0 bridgehead atoms. The summed E-state index contributed by atoms with van der Waals surface area (Å²) in [6.45, 7) is 11.3. The summed E-state index contributed by atoms with van der Waals surface area (Å²) >= 11 is 1.78. The third kappa shape index (κ3) is 8.13. The Hall–Kier alpha value is -1.34. The van der Waals surface area contributed by atoms with Gasteiger partial charge in [0.25, 0.3) is 0 Å². The molecule has 0 fully saturated rings. The van der Waals surface area contributed by atoms with Crippen molar-refractivity contribution in [3.63, 3.8) is 0 Å². The van der Waals surface area contributed by atoms with Gasteiger partial charge in [0.15, 0.2) is 6.35 Å². The van der Waals surface area contributed by atoms with Gasteiger partial charge in [-0.05, 0) is 78.6 Å². The summed E-state index contributed by atoms with van der Waals surface area (Å²) in [6, 6.07) is 8.63. The Bertz CT molecular complexity index is 923. The van der Waals surface area contributed by atoms with E-state index >= 15 is 0 Å². The summed E-state index contributed by atoms with van der Waals surface area (Å²) in [5.41, 5.74) is 6.80. The number of thioether (sulfide) groups is 1. The predicted molar refractivity (Wildman–Crippen MR) is 135 cm³/mol. The molecule has 0 amide bonds. The van der Waals surface area contributed by atoms with Crippen LogP contribution in [-0.4, -0.2) is 41.9 Å². The topological polar surface area (TPSA) is 85.2 Å². The van der Waals surface area contributed by atoms with E-state index in [0.717, 1.165) is 41.5 Å². The Kier molecular flexibility index (Phi) is 10.9. The second kappa shape index (κ2) is 12.9. The first-order valence-corrected chi connectivity index (χ1v) is 13.9. The van der Waals surface area contributed by atoms with Crippen LogP contribution in [0.4, 0.5) is 0 Å². The monoisotopic (exact) mass is 496 g/mol. The molecule has 2 aromatic rings. The molecule has 2 rings (SSSR count). The minimum atomic E-state index is -4.25. The van der Waals surface area contributed by atoms with Crippen molar-refractivity contribution >= 4 is 19.4 Å². The second-order valence-electron chi connectivity index (χ2n) is 8.19. The maximum atomic E-state index is 11.4. The van der Waals surface area contributed by atoms with Gasteiger partial charge in [0.05, 0.1) is 6.61 Å². The van der Waals surface area contributed by atoms with E-state index in [1.54, 1.807) is 18.9 Å². The first-order valence-electron chi connectivity index (χ1n) is 11.2. The van der Waals surface area contributed by atoms with E-state index in [2.05, 4.69) is 58.9 Å². The second-order valence-corrected chi connectivity index (χ2v) is 11.3. The first-order chi connectivity index (χ1) is 15.6. The quantitative estimate of drug-likeness (QED) is 0.161.